The molecular formula is C14H13Cl2N3S. The predicted octanol–water partition coefficient (Wildman–Crippen LogP) is 4.69. The zero-order valence-electron chi connectivity index (χ0n) is 10.9. The van der Waals surface area contributed by atoms with Crippen molar-refractivity contribution in [2.45, 2.75) is 25.3 Å². The maximum atomic E-state index is 6.25. The van der Waals surface area contributed by atoms with Crippen LogP contribution in [0, 0.1) is 0 Å². The summed E-state index contributed by atoms with van der Waals surface area (Å²) in [6.07, 6.45) is 0.859. The number of hydrogen-bond donors (Lipinski definition) is 0. The third-order valence-electron chi connectivity index (χ3n) is 3.17. The third-order valence-corrected chi connectivity index (χ3v) is 4.24. The highest BCUT2D eigenvalue weighted by atomic mass is 35.5. The van der Waals surface area contributed by atoms with Crippen LogP contribution in [0.3, 0.4) is 0 Å². The van der Waals surface area contributed by atoms with Gasteiger partial charge in [-0.25, -0.2) is 9.97 Å². The molecule has 0 aliphatic rings. The minimum Gasteiger partial charge on any atom is -0.326 e. The maximum Gasteiger partial charge on any atom is 0.127 e. The van der Waals surface area contributed by atoms with Gasteiger partial charge in [0.2, 0.25) is 0 Å². The second-order valence-corrected chi connectivity index (χ2v) is 6.41. The Hall–Kier alpha value is -1.10. The number of nitrogens with zero attached hydrogens (tertiary/aromatic N) is 3. The molecular weight excluding hydrogens is 313 g/mol. The molecule has 0 aliphatic carbocycles. The molecule has 0 saturated heterocycles. The van der Waals surface area contributed by atoms with Crippen molar-refractivity contribution in [2.75, 3.05) is 0 Å². The molecule has 0 fully saturated rings. The average molecular weight is 326 g/mol. The zero-order chi connectivity index (χ0) is 14.1. The summed E-state index contributed by atoms with van der Waals surface area (Å²) < 4.78 is 2.14. The van der Waals surface area contributed by atoms with Crippen LogP contribution in [0.5, 0.6) is 0 Å². The molecule has 2 heterocycles. The molecule has 1 atom stereocenters. The van der Waals surface area contributed by atoms with Crippen molar-refractivity contribution >= 4 is 45.6 Å². The number of thiazole rings is 1. The van der Waals surface area contributed by atoms with E-state index in [-0.39, 0.29) is 5.38 Å². The molecule has 1 unspecified atom stereocenters. The summed E-state index contributed by atoms with van der Waals surface area (Å²) in [5.74, 6) is 0.874. The summed E-state index contributed by atoms with van der Waals surface area (Å²) in [6, 6.07) is 5.72. The van der Waals surface area contributed by atoms with Crippen molar-refractivity contribution in [3.05, 3.63) is 45.6 Å². The molecule has 2 aromatic heterocycles. The van der Waals surface area contributed by atoms with Crippen molar-refractivity contribution in [1.82, 2.24) is 14.5 Å². The van der Waals surface area contributed by atoms with E-state index in [1.807, 2.05) is 30.6 Å². The minimum atomic E-state index is -0.142. The van der Waals surface area contributed by atoms with Gasteiger partial charge in [0.05, 0.1) is 27.6 Å². The number of fused-ring (bicyclic) bond motifs is 1. The minimum absolute atomic E-state index is 0.142. The lowest BCUT2D eigenvalue weighted by Gasteiger charge is -2.09. The van der Waals surface area contributed by atoms with Crippen LogP contribution >= 0.6 is 34.5 Å². The summed E-state index contributed by atoms with van der Waals surface area (Å²) in [6.45, 7) is 2.73. The Labute approximate surface area is 131 Å². The normalized spacial score (nSPS) is 12.9. The number of hydrogen-bond acceptors (Lipinski definition) is 3. The first kappa shape index (κ1) is 13.9. The molecule has 0 amide bonds. The lowest BCUT2D eigenvalue weighted by molar-refractivity contribution is 0.662. The molecule has 3 nitrogen and oxygen atoms in total. The number of imidazole rings is 1. The van der Waals surface area contributed by atoms with Crippen molar-refractivity contribution in [3.63, 3.8) is 0 Å². The Bertz CT molecular complexity index is 719. The van der Waals surface area contributed by atoms with Gasteiger partial charge in [-0.15, -0.1) is 22.9 Å². The van der Waals surface area contributed by atoms with Crippen LogP contribution in [0.1, 0.15) is 23.8 Å². The quantitative estimate of drug-likeness (QED) is 0.651. The highest BCUT2D eigenvalue weighted by Gasteiger charge is 2.15. The molecule has 0 aliphatic heterocycles. The van der Waals surface area contributed by atoms with E-state index in [1.54, 1.807) is 11.3 Å². The van der Waals surface area contributed by atoms with Crippen LogP contribution in [0.4, 0.5) is 0 Å². The average Bonchev–Trinajstić information content (AvgIpc) is 3.03. The van der Waals surface area contributed by atoms with Gasteiger partial charge in [-0.3, -0.25) is 0 Å². The molecule has 20 heavy (non-hydrogen) atoms. The van der Waals surface area contributed by atoms with Gasteiger partial charge >= 0.3 is 0 Å². The van der Waals surface area contributed by atoms with Gasteiger partial charge in [-0.05, 0) is 25.1 Å². The van der Waals surface area contributed by atoms with E-state index in [9.17, 15) is 0 Å². The Morgan fingerprint density at radius 1 is 1.40 bits per heavy atom. The summed E-state index contributed by atoms with van der Waals surface area (Å²) >= 11 is 14.0. The van der Waals surface area contributed by atoms with Crippen LogP contribution in [0.15, 0.2) is 29.1 Å². The summed E-state index contributed by atoms with van der Waals surface area (Å²) in [5, 5.41) is 2.63. The zero-order valence-corrected chi connectivity index (χ0v) is 13.2. The third kappa shape index (κ3) is 2.68. The summed E-state index contributed by atoms with van der Waals surface area (Å²) in [4.78, 5) is 8.92. The number of benzene rings is 1. The fourth-order valence-corrected chi connectivity index (χ4v) is 3.17. The molecule has 104 valence electrons. The second-order valence-electron chi connectivity index (χ2n) is 4.60. The molecule has 3 aromatic rings. The van der Waals surface area contributed by atoms with Crippen LogP contribution in [0.2, 0.25) is 5.02 Å². The Kier molecular flexibility index (Phi) is 3.96. The van der Waals surface area contributed by atoms with Gasteiger partial charge in [0, 0.05) is 23.4 Å². The summed E-state index contributed by atoms with van der Waals surface area (Å²) in [5.41, 5.74) is 4.89. The summed E-state index contributed by atoms with van der Waals surface area (Å²) in [7, 11) is 0. The van der Waals surface area contributed by atoms with E-state index in [4.69, 9.17) is 23.2 Å². The topological polar surface area (TPSA) is 30.7 Å². The number of rotatable bonds is 4. The Morgan fingerprint density at radius 2 is 2.25 bits per heavy atom. The van der Waals surface area contributed by atoms with Crippen molar-refractivity contribution in [3.8, 4) is 0 Å². The van der Waals surface area contributed by atoms with Crippen LogP contribution < -0.4 is 0 Å². The predicted molar refractivity (Wildman–Crippen MR) is 84.8 cm³/mol. The van der Waals surface area contributed by atoms with Crippen molar-refractivity contribution in [2.24, 2.45) is 0 Å². The van der Waals surface area contributed by atoms with E-state index in [0.717, 1.165) is 35.5 Å². The van der Waals surface area contributed by atoms with E-state index in [2.05, 4.69) is 19.9 Å². The molecule has 6 heteroatoms. The van der Waals surface area contributed by atoms with E-state index in [0.29, 0.717) is 5.02 Å². The van der Waals surface area contributed by atoms with Gasteiger partial charge < -0.3 is 4.57 Å². The van der Waals surface area contributed by atoms with Crippen LogP contribution in [-0.4, -0.2) is 14.5 Å². The maximum absolute atomic E-state index is 6.25. The highest BCUT2D eigenvalue weighted by Crippen LogP contribution is 2.27. The fourth-order valence-electron chi connectivity index (χ4n) is 2.24. The van der Waals surface area contributed by atoms with E-state index < -0.39 is 0 Å². The monoisotopic (exact) mass is 325 g/mol. The molecule has 0 N–H and O–H groups in total. The molecule has 0 saturated carbocycles. The number of aryl methyl sites for hydroxylation is 2. The Morgan fingerprint density at radius 3 is 2.95 bits per heavy atom. The molecule has 1 aromatic carbocycles. The smallest absolute Gasteiger partial charge is 0.127 e. The van der Waals surface area contributed by atoms with E-state index in [1.165, 1.54) is 0 Å². The standard InChI is InChI=1S/C14H13Cl2N3S/c1-9(15)14-18-12-3-2-10(16)6-13(12)19(14)5-4-11-7-20-8-17-11/h2-3,6-9H,4-5H2,1H3. The van der Waals surface area contributed by atoms with Gasteiger partial charge in [-0.2, -0.15) is 0 Å². The molecule has 0 radical (unpaired) electrons. The van der Waals surface area contributed by atoms with Crippen LogP contribution in [0.25, 0.3) is 11.0 Å². The van der Waals surface area contributed by atoms with E-state index >= 15 is 0 Å². The van der Waals surface area contributed by atoms with Crippen LogP contribution in [-0.2, 0) is 13.0 Å². The number of alkyl halides is 1. The largest absolute Gasteiger partial charge is 0.326 e. The first-order chi connectivity index (χ1) is 9.65. The van der Waals surface area contributed by atoms with Gasteiger partial charge in [-0.1, -0.05) is 11.6 Å². The van der Waals surface area contributed by atoms with Gasteiger partial charge in [0.25, 0.3) is 0 Å². The fraction of sp³-hybridized carbons (Fsp3) is 0.286. The van der Waals surface area contributed by atoms with Gasteiger partial charge in [0.15, 0.2) is 0 Å². The second kappa shape index (κ2) is 5.72. The SMILES string of the molecule is CC(Cl)c1nc2ccc(Cl)cc2n1CCc1cscn1. The Balaban J connectivity index is 2.01. The lowest BCUT2D eigenvalue weighted by atomic mass is 10.3. The number of aromatic nitrogens is 3. The molecule has 0 bridgehead atoms. The first-order valence-corrected chi connectivity index (χ1v) is 8.07. The van der Waals surface area contributed by atoms with Crippen molar-refractivity contribution in [1.29, 1.82) is 0 Å². The van der Waals surface area contributed by atoms with Crippen molar-refractivity contribution < 1.29 is 0 Å². The lowest BCUT2D eigenvalue weighted by Crippen LogP contribution is -2.07. The van der Waals surface area contributed by atoms with Gasteiger partial charge in [0.1, 0.15) is 5.82 Å². The first-order valence-electron chi connectivity index (χ1n) is 6.32. The highest BCUT2D eigenvalue weighted by molar-refractivity contribution is 7.07. The number of halogens is 2. The molecule has 3 rings (SSSR count). The molecule has 0 spiro atoms.